The van der Waals surface area contributed by atoms with E-state index in [1.807, 2.05) is 36.4 Å². The molecule has 1 fully saturated rings. The molecule has 2 aromatic heterocycles. The van der Waals surface area contributed by atoms with Gasteiger partial charge in [-0.3, -0.25) is 15.1 Å². The van der Waals surface area contributed by atoms with E-state index in [4.69, 9.17) is 4.74 Å². The van der Waals surface area contributed by atoms with Crippen LogP contribution in [0.15, 0.2) is 73.1 Å². The second-order valence-electron chi connectivity index (χ2n) is 9.01. The number of carboxylic acids is 1. The van der Waals surface area contributed by atoms with Gasteiger partial charge in [0, 0.05) is 5.56 Å². The van der Waals surface area contributed by atoms with Crippen molar-refractivity contribution in [2.45, 2.75) is 31.3 Å². The Labute approximate surface area is 217 Å². The van der Waals surface area contributed by atoms with Gasteiger partial charge >= 0.3 is 12.1 Å². The van der Waals surface area contributed by atoms with Crippen LogP contribution in [0.5, 0.6) is 0 Å². The minimum absolute atomic E-state index is 0.0240. The fourth-order valence-electron chi connectivity index (χ4n) is 4.21. The summed E-state index contributed by atoms with van der Waals surface area (Å²) in [5.41, 5.74) is 1.45. The molecule has 2 N–H and O–H groups in total. The highest BCUT2D eigenvalue weighted by Gasteiger charge is 2.51. The van der Waals surface area contributed by atoms with Crippen LogP contribution < -0.4 is 5.32 Å². The van der Waals surface area contributed by atoms with Crippen LogP contribution in [-0.4, -0.2) is 31.9 Å². The van der Waals surface area contributed by atoms with Crippen LogP contribution in [0, 0.1) is 17.1 Å². The molecule has 5 rings (SSSR count). The highest BCUT2D eigenvalue weighted by molar-refractivity contribution is 5.86. The first-order chi connectivity index (χ1) is 18.3. The third-order valence-electron chi connectivity index (χ3n) is 6.58. The first-order valence-electron chi connectivity index (χ1n) is 11.8. The number of aliphatic carboxylic acids is 1. The molecular formula is C28H22FN5O4. The first-order valence-corrected chi connectivity index (χ1v) is 11.8. The quantitative estimate of drug-likeness (QED) is 0.341. The molecule has 1 atom stereocenters. The predicted octanol–water partition coefficient (Wildman–Crippen LogP) is 5.37. The fraction of sp³-hybridized carbons (Fsp3) is 0.179. The monoisotopic (exact) mass is 511 g/mol. The van der Waals surface area contributed by atoms with E-state index in [1.54, 1.807) is 25.1 Å². The summed E-state index contributed by atoms with van der Waals surface area (Å²) in [5, 5.41) is 25.7. The van der Waals surface area contributed by atoms with Gasteiger partial charge in [-0.05, 0) is 55.2 Å². The molecule has 2 aromatic carbocycles. The smallest absolute Gasteiger partial charge is 0.413 e. The minimum atomic E-state index is -0.993. The van der Waals surface area contributed by atoms with Crippen LogP contribution >= 0.6 is 0 Å². The predicted molar refractivity (Wildman–Crippen MR) is 135 cm³/mol. The average molecular weight is 512 g/mol. The molecule has 0 saturated heterocycles. The van der Waals surface area contributed by atoms with Gasteiger partial charge in [-0.2, -0.15) is 5.26 Å². The number of nitrogens with zero attached hydrogens (tertiary/aromatic N) is 4. The summed E-state index contributed by atoms with van der Waals surface area (Å²) in [6.45, 7) is 1.73. The summed E-state index contributed by atoms with van der Waals surface area (Å²) in [4.78, 5) is 28.3. The number of pyridine rings is 1. The van der Waals surface area contributed by atoms with Gasteiger partial charge in [0.1, 0.15) is 23.6 Å². The molecule has 10 heteroatoms. The zero-order valence-corrected chi connectivity index (χ0v) is 20.3. The summed E-state index contributed by atoms with van der Waals surface area (Å²) in [7, 11) is 0. The van der Waals surface area contributed by atoms with E-state index >= 15 is 0 Å². The van der Waals surface area contributed by atoms with E-state index in [-0.39, 0.29) is 16.9 Å². The zero-order chi connectivity index (χ0) is 26.9. The fourth-order valence-corrected chi connectivity index (χ4v) is 4.21. The normalized spacial score (nSPS) is 14.2. The number of benzene rings is 2. The number of ether oxygens (including phenoxy) is 1. The maximum Gasteiger partial charge on any atom is 0.413 e. The Morgan fingerprint density at radius 2 is 1.95 bits per heavy atom. The largest absolute Gasteiger partial charge is 0.481 e. The van der Waals surface area contributed by atoms with E-state index in [9.17, 15) is 24.3 Å². The second kappa shape index (κ2) is 9.78. The molecule has 4 aromatic rings. The third kappa shape index (κ3) is 4.69. The number of hydrogen-bond acceptors (Lipinski definition) is 6. The standard InChI is InChI=1S/C28H22FN5O4/c1-17(18-5-3-2-4-6-18)38-27(37)32-25-19(14-30)16-34(33-25)21-8-10-24(31-15-21)22-9-7-20(13-23(22)29)28(11-12-28)26(35)36/h2-10,13,15-17H,11-12H2,1H3,(H,35,36)(H,32,33,37). The second-order valence-corrected chi connectivity index (χ2v) is 9.01. The molecule has 38 heavy (non-hydrogen) atoms. The Bertz CT molecular complexity index is 1560. The summed E-state index contributed by atoms with van der Waals surface area (Å²) in [6.07, 6.45) is 2.60. The van der Waals surface area contributed by atoms with Crippen molar-refractivity contribution in [3.8, 4) is 23.0 Å². The Balaban J connectivity index is 1.31. The Kier molecular flexibility index (Phi) is 6.34. The number of rotatable bonds is 7. The number of aromatic nitrogens is 3. The Morgan fingerprint density at radius 3 is 2.55 bits per heavy atom. The summed E-state index contributed by atoms with van der Waals surface area (Å²) < 4.78 is 21.6. The molecule has 1 amide bonds. The minimum Gasteiger partial charge on any atom is -0.481 e. The molecule has 9 nitrogen and oxygen atoms in total. The summed E-state index contributed by atoms with van der Waals surface area (Å²) in [6, 6.07) is 18.8. The Morgan fingerprint density at radius 1 is 1.18 bits per heavy atom. The number of carbonyl (C=O) groups excluding carboxylic acids is 1. The number of halogens is 1. The number of amides is 1. The van der Waals surface area contributed by atoms with Gasteiger partial charge in [0.2, 0.25) is 0 Å². The maximum atomic E-state index is 14.9. The van der Waals surface area contributed by atoms with Gasteiger partial charge in [0.25, 0.3) is 0 Å². The lowest BCUT2D eigenvalue weighted by atomic mass is 9.94. The summed E-state index contributed by atoms with van der Waals surface area (Å²) >= 11 is 0. The number of nitrogens with one attached hydrogen (secondary N) is 1. The lowest BCUT2D eigenvalue weighted by Crippen LogP contribution is -2.19. The number of carboxylic acid groups (broad SMARTS) is 1. The van der Waals surface area contributed by atoms with Crippen molar-refractivity contribution in [2.75, 3.05) is 5.32 Å². The van der Waals surface area contributed by atoms with Gasteiger partial charge in [-0.15, -0.1) is 5.10 Å². The van der Waals surface area contributed by atoms with Crippen molar-refractivity contribution in [2.24, 2.45) is 0 Å². The van der Waals surface area contributed by atoms with Crippen LogP contribution in [0.4, 0.5) is 15.0 Å². The van der Waals surface area contributed by atoms with E-state index in [0.29, 0.717) is 29.8 Å². The van der Waals surface area contributed by atoms with Crippen LogP contribution in [-0.2, 0) is 14.9 Å². The number of carbonyl (C=O) groups is 2. The van der Waals surface area contributed by atoms with Gasteiger partial charge < -0.3 is 9.84 Å². The van der Waals surface area contributed by atoms with Gasteiger partial charge in [-0.1, -0.05) is 36.4 Å². The lowest BCUT2D eigenvalue weighted by molar-refractivity contribution is -0.140. The molecule has 0 bridgehead atoms. The third-order valence-corrected chi connectivity index (χ3v) is 6.58. The van der Waals surface area contributed by atoms with Crippen molar-refractivity contribution in [3.05, 3.63) is 95.6 Å². The number of anilines is 1. The molecule has 1 aliphatic rings. The molecule has 0 spiro atoms. The van der Waals surface area contributed by atoms with Crippen molar-refractivity contribution in [1.29, 1.82) is 5.26 Å². The molecule has 2 heterocycles. The van der Waals surface area contributed by atoms with E-state index < -0.39 is 29.4 Å². The van der Waals surface area contributed by atoms with Crippen LogP contribution in [0.25, 0.3) is 16.9 Å². The van der Waals surface area contributed by atoms with E-state index in [0.717, 1.165) is 5.56 Å². The molecule has 0 radical (unpaired) electrons. The van der Waals surface area contributed by atoms with E-state index in [2.05, 4.69) is 15.4 Å². The van der Waals surface area contributed by atoms with Gasteiger partial charge in [0.15, 0.2) is 5.82 Å². The first kappa shape index (κ1) is 24.6. The molecule has 1 saturated carbocycles. The maximum absolute atomic E-state index is 14.9. The molecular weight excluding hydrogens is 489 g/mol. The number of hydrogen-bond donors (Lipinski definition) is 2. The molecule has 1 aliphatic carbocycles. The topological polar surface area (TPSA) is 130 Å². The SMILES string of the molecule is CC(OC(=O)Nc1nn(-c2ccc(-c3ccc(C4(C(=O)O)CC4)cc3F)nc2)cc1C#N)c1ccccc1. The Hall–Kier alpha value is -5.04. The zero-order valence-electron chi connectivity index (χ0n) is 20.3. The highest BCUT2D eigenvalue weighted by atomic mass is 19.1. The number of nitriles is 1. The summed E-state index contributed by atoms with van der Waals surface area (Å²) in [5.74, 6) is -1.48. The highest BCUT2D eigenvalue weighted by Crippen LogP contribution is 2.49. The van der Waals surface area contributed by atoms with Crippen LogP contribution in [0.2, 0.25) is 0 Å². The molecule has 1 unspecified atom stereocenters. The van der Waals surface area contributed by atoms with E-state index in [1.165, 1.54) is 29.2 Å². The molecule has 0 aliphatic heterocycles. The van der Waals surface area contributed by atoms with Gasteiger partial charge in [-0.25, -0.2) is 13.9 Å². The van der Waals surface area contributed by atoms with Gasteiger partial charge in [0.05, 0.1) is 29.2 Å². The average Bonchev–Trinajstić information content (AvgIpc) is 3.65. The van der Waals surface area contributed by atoms with Crippen molar-refractivity contribution in [3.63, 3.8) is 0 Å². The van der Waals surface area contributed by atoms with Crippen molar-refractivity contribution in [1.82, 2.24) is 14.8 Å². The van der Waals surface area contributed by atoms with Crippen LogP contribution in [0.1, 0.15) is 42.6 Å². The van der Waals surface area contributed by atoms with Crippen LogP contribution in [0.3, 0.4) is 0 Å². The lowest BCUT2D eigenvalue weighted by Gasteiger charge is -2.13. The molecule has 190 valence electrons. The van der Waals surface area contributed by atoms with Crippen molar-refractivity contribution >= 4 is 17.9 Å². The van der Waals surface area contributed by atoms with Crippen molar-refractivity contribution < 1.29 is 23.8 Å².